The van der Waals surface area contributed by atoms with Gasteiger partial charge in [0.1, 0.15) is 6.61 Å². The first-order valence-electron chi connectivity index (χ1n) is 7.14. The van der Waals surface area contributed by atoms with E-state index in [-0.39, 0.29) is 16.6 Å². The minimum atomic E-state index is -4.82. The Morgan fingerprint density at radius 1 is 1.44 bits per heavy atom. The van der Waals surface area contributed by atoms with Crippen molar-refractivity contribution in [2.75, 3.05) is 13.4 Å². The minimum absolute atomic E-state index is 0.130. The van der Waals surface area contributed by atoms with Crippen LogP contribution < -0.4 is 5.32 Å². The lowest BCUT2D eigenvalue weighted by atomic mass is 10.1. The molecule has 0 bridgehead atoms. The lowest BCUT2D eigenvalue weighted by molar-refractivity contribution is -0.384. The Morgan fingerprint density at radius 3 is 2.48 bits per heavy atom. The van der Waals surface area contributed by atoms with E-state index < -0.39 is 38.3 Å². The number of amides is 2. The monoisotopic (exact) mass is 421 g/mol. The average Bonchev–Trinajstić information content (AvgIpc) is 2.60. The van der Waals surface area contributed by atoms with Gasteiger partial charge < -0.3 is 9.47 Å². The van der Waals surface area contributed by atoms with Crippen molar-refractivity contribution in [3.8, 4) is 0 Å². The molecule has 27 heavy (non-hydrogen) atoms. The number of nitro groups is 1. The summed E-state index contributed by atoms with van der Waals surface area (Å²) in [6.45, 7) is -0.260. The highest BCUT2D eigenvalue weighted by atomic mass is 32.2. The van der Waals surface area contributed by atoms with Gasteiger partial charge in [-0.25, -0.2) is 4.79 Å². The Kier molecular flexibility index (Phi) is 5.94. The van der Waals surface area contributed by atoms with Crippen molar-refractivity contribution in [2.45, 2.75) is 17.7 Å². The van der Waals surface area contributed by atoms with E-state index in [2.05, 4.69) is 5.32 Å². The van der Waals surface area contributed by atoms with Crippen molar-refractivity contribution < 1.29 is 37.0 Å². The van der Waals surface area contributed by atoms with Gasteiger partial charge in [0.25, 0.3) is 17.3 Å². The van der Waals surface area contributed by atoms with E-state index >= 15 is 0 Å². The molecule has 2 rings (SSSR count). The number of β-lactam (4-membered cyclic amide) rings is 1. The largest absolute Gasteiger partial charge is 0.445 e. The van der Waals surface area contributed by atoms with Gasteiger partial charge in [-0.15, -0.1) is 11.8 Å². The zero-order chi connectivity index (χ0) is 20.4. The molecule has 1 aromatic carbocycles. The van der Waals surface area contributed by atoms with Crippen LogP contribution in [0.15, 0.2) is 24.3 Å². The molecule has 2 atom stereocenters. The third-order valence-electron chi connectivity index (χ3n) is 3.68. The highest BCUT2D eigenvalue weighted by Gasteiger charge is 2.67. The number of hydrogen-bond acceptors (Lipinski definition) is 9. The van der Waals surface area contributed by atoms with Crippen molar-refractivity contribution >= 4 is 39.8 Å². The smallest absolute Gasteiger partial charge is 0.410 e. The molecular weight excluding hydrogens is 406 g/mol. The van der Waals surface area contributed by atoms with Gasteiger partial charge in [-0.05, 0) is 24.0 Å². The van der Waals surface area contributed by atoms with E-state index in [9.17, 15) is 28.1 Å². The molecule has 12 nitrogen and oxygen atoms in total. The van der Waals surface area contributed by atoms with E-state index in [1.165, 1.54) is 30.5 Å². The third-order valence-corrected chi connectivity index (χ3v) is 5.67. The molecule has 1 saturated heterocycles. The summed E-state index contributed by atoms with van der Waals surface area (Å²) in [4.78, 5) is 34.2. The summed E-state index contributed by atoms with van der Waals surface area (Å²) in [6.07, 6.45) is 0.366. The highest BCUT2D eigenvalue weighted by Crippen LogP contribution is 2.40. The second-order valence-corrected chi connectivity index (χ2v) is 7.44. The Balaban J connectivity index is 2.04. The third kappa shape index (κ3) is 3.97. The van der Waals surface area contributed by atoms with Gasteiger partial charge >= 0.3 is 16.4 Å². The molecule has 1 aromatic rings. The molecule has 2 N–H and O–H groups in total. The first-order chi connectivity index (χ1) is 12.6. The normalized spacial score (nSPS) is 22.1. The molecule has 0 aromatic heterocycles. The number of nitro benzene ring substituents is 1. The number of benzene rings is 1. The predicted octanol–water partition coefficient (Wildman–Crippen LogP) is 0.498. The molecule has 1 aliphatic heterocycles. The molecule has 2 amide bonds. The Morgan fingerprint density at radius 2 is 2.04 bits per heavy atom. The molecule has 1 aliphatic rings. The van der Waals surface area contributed by atoms with Crippen LogP contribution in [0.2, 0.25) is 0 Å². The van der Waals surface area contributed by atoms with E-state index in [4.69, 9.17) is 14.0 Å². The number of nitrogens with one attached hydrogen (secondary N) is 1. The van der Waals surface area contributed by atoms with Crippen LogP contribution >= 0.6 is 11.8 Å². The molecule has 148 valence electrons. The van der Waals surface area contributed by atoms with E-state index in [0.717, 1.165) is 18.9 Å². The SMILES string of the molecule is CO[C@@]1(NC(=O)OCc2ccc([N+](=O)[O-])cc2)C(=O)N(S(=O)(=O)O)C1SC. The molecule has 1 unspecified atom stereocenters. The van der Waals surface area contributed by atoms with Crippen LogP contribution in [-0.2, 0) is 31.2 Å². The van der Waals surface area contributed by atoms with Gasteiger partial charge in [-0.1, -0.05) is 0 Å². The topological polar surface area (TPSA) is 165 Å². The number of hydrogen-bond donors (Lipinski definition) is 2. The van der Waals surface area contributed by atoms with Crippen molar-refractivity contribution in [3.05, 3.63) is 39.9 Å². The Hall–Kier alpha value is -2.42. The van der Waals surface area contributed by atoms with Gasteiger partial charge in [0.15, 0.2) is 5.37 Å². The lowest BCUT2D eigenvalue weighted by Crippen LogP contribution is -2.80. The zero-order valence-corrected chi connectivity index (χ0v) is 15.7. The van der Waals surface area contributed by atoms with Crippen molar-refractivity contribution in [2.24, 2.45) is 0 Å². The van der Waals surface area contributed by atoms with Crippen LogP contribution in [0.25, 0.3) is 0 Å². The van der Waals surface area contributed by atoms with Gasteiger partial charge in [0.05, 0.1) is 4.92 Å². The van der Waals surface area contributed by atoms with Crippen LogP contribution in [0, 0.1) is 10.1 Å². The molecular formula is C13H15N3O9S2. The molecule has 1 fully saturated rings. The van der Waals surface area contributed by atoms with Crippen LogP contribution in [0.3, 0.4) is 0 Å². The number of carbonyl (C=O) groups is 2. The molecule has 0 radical (unpaired) electrons. The number of carbonyl (C=O) groups excluding carboxylic acids is 2. The maximum atomic E-state index is 12.2. The summed E-state index contributed by atoms with van der Waals surface area (Å²) >= 11 is 0.849. The summed E-state index contributed by atoms with van der Waals surface area (Å²) in [7, 11) is -3.74. The first-order valence-corrected chi connectivity index (χ1v) is 9.82. The number of nitrogens with zero attached hydrogens (tertiary/aromatic N) is 2. The number of alkyl carbamates (subject to hydrolysis) is 1. The summed E-state index contributed by atoms with van der Waals surface area (Å²) in [5.41, 5.74) is -1.71. The van der Waals surface area contributed by atoms with Gasteiger partial charge in [0, 0.05) is 19.2 Å². The average molecular weight is 421 g/mol. The Labute approximate surface area is 157 Å². The van der Waals surface area contributed by atoms with E-state index in [1.54, 1.807) is 0 Å². The van der Waals surface area contributed by atoms with Crippen LogP contribution in [0.1, 0.15) is 5.56 Å². The highest BCUT2D eigenvalue weighted by molar-refractivity contribution is 8.00. The second-order valence-electron chi connectivity index (χ2n) is 5.23. The van der Waals surface area contributed by atoms with Crippen molar-refractivity contribution in [3.63, 3.8) is 0 Å². The number of rotatable bonds is 7. The van der Waals surface area contributed by atoms with Gasteiger partial charge in [-0.3, -0.25) is 24.8 Å². The standard InChI is InChI=1S/C13H15N3O9S2/c1-24-13(10(17)15(11(13)26-2)27(21,22)23)14-12(18)25-7-8-3-5-9(6-4-8)16(19)20/h3-6,11H,7H2,1-2H3,(H,14,18)(H,21,22,23)/t11?,13-/m0/s1. The quantitative estimate of drug-likeness (QED) is 0.208. The molecule has 0 aliphatic carbocycles. The first kappa shape index (κ1) is 20.9. The van der Waals surface area contributed by atoms with E-state index in [1.807, 2.05) is 0 Å². The summed E-state index contributed by atoms with van der Waals surface area (Å²) in [5.74, 6) is -1.18. The summed E-state index contributed by atoms with van der Waals surface area (Å²) < 4.78 is 41.8. The number of ether oxygens (including phenoxy) is 2. The maximum Gasteiger partial charge on any atom is 0.410 e. The second kappa shape index (κ2) is 7.67. The van der Waals surface area contributed by atoms with Crippen molar-refractivity contribution in [1.82, 2.24) is 9.62 Å². The minimum Gasteiger partial charge on any atom is -0.445 e. The van der Waals surface area contributed by atoms with Gasteiger partial charge in [-0.2, -0.15) is 12.7 Å². The summed E-state index contributed by atoms with van der Waals surface area (Å²) in [6, 6.07) is 5.24. The predicted molar refractivity (Wildman–Crippen MR) is 91.9 cm³/mol. The van der Waals surface area contributed by atoms with E-state index in [0.29, 0.717) is 5.56 Å². The van der Waals surface area contributed by atoms with Crippen molar-refractivity contribution in [1.29, 1.82) is 0 Å². The number of thioether (sulfide) groups is 1. The fraction of sp³-hybridized carbons (Fsp3) is 0.385. The van der Waals surface area contributed by atoms with Crippen LogP contribution in [0.4, 0.5) is 10.5 Å². The Bertz CT molecular complexity index is 858. The molecule has 14 heteroatoms. The molecule has 1 heterocycles. The molecule has 0 saturated carbocycles. The molecule has 0 spiro atoms. The number of non-ortho nitro benzene ring substituents is 1. The fourth-order valence-electron chi connectivity index (χ4n) is 2.37. The maximum absolute atomic E-state index is 12.2. The van der Waals surface area contributed by atoms with Crippen LogP contribution in [0.5, 0.6) is 0 Å². The van der Waals surface area contributed by atoms with Crippen LogP contribution in [-0.4, -0.2) is 58.7 Å². The van der Waals surface area contributed by atoms with Gasteiger partial charge in [0.2, 0.25) is 0 Å². The summed E-state index contributed by atoms with van der Waals surface area (Å²) in [5, 5.41) is 11.5. The number of methoxy groups -OCH3 is 1. The lowest BCUT2D eigenvalue weighted by Gasteiger charge is -2.50. The fourth-order valence-corrected chi connectivity index (χ4v) is 4.56. The zero-order valence-electron chi connectivity index (χ0n) is 14.0.